The van der Waals surface area contributed by atoms with Gasteiger partial charge in [0.05, 0.1) is 18.1 Å². The topological polar surface area (TPSA) is 105 Å². The molecule has 0 amide bonds. The van der Waals surface area contributed by atoms with Crippen LogP contribution < -0.4 is 11.0 Å². The van der Waals surface area contributed by atoms with Crippen LogP contribution in [0.2, 0.25) is 0 Å². The summed E-state index contributed by atoms with van der Waals surface area (Å²) in [4.78, 5) is 10.9. The molecule has 0 radical (unpaired) electrons. The normalized spacial score (nSPS) is 13.0. The average molecular weight is 412 g/mol. The standard InChI is InChI=1S/C21H21N2O5P/c22-19-11-12-20(23(24)25)21(13-19)29(26,28-15-18-9-5-2-6-10-18)16-27-14-17-7-3-1-4-8-17/h1-13H,14-16,22H2. The third-order valence-corrected chi connectivity index (χ3v) is 6.38. The Balaban J connectivity index is 1.87. The van der Waals surface area contributed by atoms with Crippen LogP contribution in [0.3, 0.4) is 0 Å². The Labute approximate surface area is 168 Å². The minimum absolute atomic E-state index is 0.0266. The largest absolute Gasteiger partial charge is 0.399 e. The Morgan fingerprint density at radius 1 is 0.897 bits per heavy atom. The van der Waals surface area contributed by atoms with E-state index in [4.69, 9.17) is 15.0 Å². The average Bonchev–Trinajstić information content (AvgIpc) is 2.73. The van der Waals surface area contributed by atoms with Gasteiger partial charge in [0.25, 0.3) is 13.1 Å². The summed E-state index contributed by atoms with van der Waals surface area (Å²) in [6, 6.07) is 22.5. The number of nitro groups is 1. The molecule has 0 heterocycles. The molecule has 0 fully saturated rings. The summed E-state index contributed by atoms with van der Waals surface area (Å²) in [7, 11) is -3.74. The lowest BCUT2D eigenvalue weighted by Crippen LogP contribution is -2.17. The van der Waals surface area contributed by atoms with Gasteiger partial charge in [-0.1, -0.05) is 60.7 Å². The number of rotatable bonds is 9. The first kappa shape index (κ1) is 20.7. The second-order valence-corrected chi connectivity index (χ2v) is 8.75. The van der Waals surface area contributed by atoms with Gasteiger partial charge in [0.1, 0.15) is 11.7 Å². The Morgan fingerprint density at radius 3 is 2.07 bits per heavy atom. The number of nitrogen functional groups attached to an aromatic ring is 1. The van der Waals surface area contributed by atoms with E-state index >= 15 is 0 Å². The number of nitrogens with zero attached hydrogens (tertiary/aromatic N) is 1. The van der Waals surface area contributed by atoms with Crippen molar-refractivity contribution >= 4 is 24.0 Å². The molecule has 7 nitrogen and oxygen atoms in total. The van der Waals surface area contributed by atoms with E-state index in [1.165, 1.54) is 18.2 Å². The Hall–Kier alpha value is -2.99. The van der Waals surface area contributed by atoms with Gasteiger partial charge in [-0.2, -0.15) is 0 Å². The Kier molecular flexibility index (Phi) is 6.77. The third kappa shape index (κ3) is 5.51. The Bertz CT molecular complexity index is 1010. The first-order chi connectivity index (χ1) is 14.0. The van der Waals surface area contributed by atoms with Crippen LogP contribution in [0.25, 0.3) is 0 Å². The molecule has 0 aliphatic rings. The van der Waals surface area contributed by atoms with Crippen molar-refractivity contribution in [2.75, 3.05) is 12.1 Å². The molecular formula is C21H21N2O5P. The van der Waals surface area contributed by atoms with E-state index in [1.54, 1.807) is 0 Å². The van der Waals surface area contributed by atoms with Gasteiger partial charge in [-0.3, -0.25) is 14.7 Å². The fourth-order valence-electron chi connectivity index (χ4n) is 2.76. The van der Waals surface area contributed by atoms with Crippen LogP contribution in [0.5, 0.6) is 0 Å². The molecule has 1 unspecified atom stereocenters. The molecule has 3 rings (SSSR count). The quantitative estimate of drug-likeness (QED) is 0.241. The van der Waals surface area contributed by atoms with Crippen molar-refractivity contribution in [3.63, 3.8) is 0 Å². The van der Waals surface area contributed by atoms with Crippen LogP contribution in [-0.4, -0.2) is 11.3 Å². The maximum absolute atomic E-state index is 13.7. The maximum atomic E-state index is 13.7. The SMILES string of the molecule is Nc1ccc([N+](=O)[O-])c(P(=O)(COCc2ccccc2)OCc2ccccc2)c1. The molecule has 150 valence electrons. The van der Waals surface area contributed by atoms with Crippen LogP contribution in [0.15, 0.2) is 78.9 Å². The van der Waals surface area contributed by atoms with E-state index in [0.717, 1.165) is 11.1 Å². The van der Waals surface area contributed by atoms with E-state index in [2.05, 4.69) is 0 Å². The van der Waals surface area contributed by atoms with Gasteiger partial charge in [0.2, 0.25) is 0 Å². The van der Waals surface area contributed by atoms with E-state index in [-0.39, 0.29) is 36.2 Å². The van der Waals surface area contributed by atoms with Crippen molar-refractivity contribution in [2.24, 2.45) is 0 Å². The lowest BCUT2D eigenvalue weighted by molar-refractivity contribution is -0.383. The predicted octanol–water partition coefficient (Wildman–Crippen LogP) is 4.47. The summed E-state index contributed by atoms with van der Waals surface area (Å²) in [5.74, 6) is 0. The second kappa shape index (κ2) is 9.47. The molecule has 0 spiro atoms. The highest BCUT2D eigenvalue weighted by Crippen LogP contribution is 2.49. The van der Waals surface area contributed by atoms with Gasteiger partial charge in [0.15, 0.2) is 0 Å². The monoisotopic (exact) mass is 412 g/mol. The summed E-state index contributed by atoms with van der Waals surface area (Å²) in [5, 5.41) is 11.4. The van der Waals surface area contributed by atoms with E-state index in [0.29, 0.717) is 0 Å². The summed E-state index contributed by atoms with van der Waals surface area (Å²) >= 11 is 0. The third-order valence-electron chi connectivity index (χ3n) is 4.22. The fraction of sp³-hybridized carbons (Fsp3) is 0.143. The van der Waals surface area contributed by atoms with Crippen molar-refractivity contribution in [3.05, 3.63) is 100 Å². The minimum Gasteiger partial charge on any atom is -0.399 e. The highest BCUT2D eigenvalue weighted by Gasteiger charge is 2.34. The number of ether oxygens (including phenoxy) is 1. The van der Waals surface area contributed by atoms with Gasteiger partial charge in [-0.15, -0.1) is 0 Å². The molecule has 29 heavy (non-hydrogen) atoms. The number of nitro benzene ring substituents is 1. The molecular weight excluding hydrogens is 391 g/mol. The van der Waals surface area contributed by atoms with Crippen LogP contribution in [0.4, 0.5) is 11.4 Å². The summed E-state index contributed by atoms with van der Waals surface area (Å²) in [5.41, 5.74) is 7.45. The minimum atomic E-state index is -3.74. The first-order valence-electron chi connectivity index (χ1n) is 8.91. The van der Waals surface area contributed by atoms with Crippen LogP contribution >= 0.6 is 7.37 Å². The highest BCUT2D eigenvalue weighted by atomic mass is 31.2. The summed E-state index contributed by atoms with van der Waals surface area (Å²) in [6.07, 6.45) is -0.307. The number of anilines is 1. The van der Waals surface area contributed by atoms with Crippen LogP contribution in [0, 0.1) is 10.1 Å². The van der Waals surface area contributed by atoms with Gasteiger partial charge in [-0.25, -0.2) is 0 Å². The van der Waals surface area contributed by atoms with Gasteiger partial charge >= 0.3 is 0 Å². The van der Waals surface area contributed by atoms with E-state index < -0.39 is 12.3 Å². The Morgan fingerprint density at radius 2 is 1.48 bits per heavy atom. The number of hydrogen-bond donors (Lipinski definition) is 1. The van der Waals surface area contributed by atoms with Crippen molar-refractivity contribution < 1.29 is 18.7 Å². The van der Waals surface area contributed by atoms with Crippen molar-refractivity contribution in [1.82, 2.24) is 0 Å². The van der Waals surface area contributed by atoms with Crippen LogP contribution in [0.1, 0.15) is 11.1 Å². The van der Waals surface area contributed by atoms with Crippen molar-refractivity contribution in [1.29, 1.82) is 0 Å². The molecule has 0 saturated carbocycles. The zero-order chi connectivity index (χ0) is 20.7. The van der Waals surface area contributed by atoms with Gasteiger partial charge in [0, 0.05) is 11.8 Å². The summed E-state index contributed by atoms with van der Waals surface area (Å²) < 4.78 is 25.2. The smallest absolute Gasteiger partial charge is 0.282 e. The molecule has 1 atom stereocenters. The van der Waals surface area contributed by atoms with Crippen molar-refractivity contribution in [2.45, 2.75) is 13.2 Å². The molecule has 0 bridgehead atoms. The number of nitrogens with two attached hydrogens (primary N) is 1. The zero-order valence-corrected chi connectivity index (χ0v) is 16.5. The molecule has 2 N–H and O–H groups in total. The molecule has 3 aromatic rings. The van der Waals surface area contributed by atoms with Gasteiger partial charge < -0.3 is 15.0 Å². The van der Waals surface area contributed by atoms with Crippen LogP contribution in [-0.2, 0) is 27.0 Å². The zero-order valence-electron chi connectivity index (χ0n) is 15.6. The highest BCUT2D eigenvalue weighted by molar-refractivity contribution is 7.67. The molecule has 0 aromatic heterocycles. The molecule has 0 aliphatic heterocycles. The number of hydrogen-bond acceptors (Lipinski definition) is 6. The first-order valence-corrected chi connectivity index (χ1v) is 10.7. The number of benzene rings is 3. The van der Waals surface area contributed by atoms with E-state index in [9.17, 15) is 14.7 Å². The predicted molar refractivity (Wildman–Crippen MR) is 112 cm³/mol. The summed E-state index contributed by atoms with van der Waals surface area (Å²) in [6.45, 7) is 0.231. The second-order valence-electron chi connectivity index (χ2n) is 6.40. The lowest BCUT2D eigenvalue weighted by Gasteiger charge is -2.19. The lowest BCUT2D eigenvalue weighted by atomic mass is 10.2. The van der Waals surface area contributed by atoms with Crippen molar-refractivity contribution in [3.8, 4) is 0 Å². The maximum Gasteiger partial charge on any atom is 0.282 e. The fourth-order valence-corrected chi connectivity index (χ4v) is 4.65. The van der Waals surface area contributed by atoms with Gasteiger partial charge in [-0.05, 0) is 23.3 Å². The molecule has 0 aliphatic carbocycles. The molecule has 0 saturated heterocycles. The van der Waals surface area contributed by atoms with E-state index in [1.807, 2.05) is 60.7 Å². The molecule has 3 aromatic carbocycles. The molecule has 8 heteroatoms.